The summed E-state index contributed by atoms with van der Waals surface area (Å²) >= 11 is 0. The molecule has 4 heteroatoms. The van der Waals surface area contributed by atoms with Crippen molar-refractivity contribution in [3.05, 3.63) is 0 Å². The quantitative estimate of drug-likeness (QED) is 0.775. The standard InChI is InChI=1S/C16H28N2O2/c19-16(17-10-13-7-8-13)12-18(14-4-1-2-5-14)11-15-6-3-9-20-15/h13-15H,1-12H2,(H,17,19)/t15-/m1/s1. The van der Waals surface area contributed by atoms with E-state index in [1.54, 1.807) is 0 Å². The molecular formula is C16H28N2O2. The third kappa shape index (κ3) is 4.19. The predicted molar refractivity (Wildman–Crippen MR) is 78.5 cm³/mol. The summed E-state index contributed by atoms with van der Waals surface area (Å²) in [5.41, 5.74) is 0. The van der Waals surface area contributed by atoms with E-state index in [4.69, 9.17) is 4.74 Å². The summed E-state index contributed by atoms with van der Waals surface area (Å²) in [6.07, 6.45) is 10.4. The van der Waals surface area contributed by atoms with Gasteiger partial charge in [0, 0.05) is 25.7 Å². The van der Waals surface area contributed by atoms with Gasteiger partial charge in [0.05, 0.1) is 12.6 Å². The van der Waals surface area contributed by atoms with Crippen LogP contribution < -0.4 is 5.32 Å². The van der Waals surface area contributed by atoms with Gasteiger partial charge >= 0.3 is 0 Å². The Labute approximate surface area is 122 Å². The maximum Gasteiger partial charge on any atom is 0.234 e. The first-order chi connectivity index (χ1) is 9.81. The number of carbonyl (C=O) groups is 1. The SMILES string of the molecule is O=C(CN(C[C@H]1CCCO1)C1CCCC1)NCC1CC1. The highest BCUT2D eigenvalue weighted by molar-refractivity contribution is 5.78. The van der Waals surface area contributed by atoms with E-state index in [0.29, 0.717) is 18.7 Å². The van der Waals surface area contributed by atoms with Crippen molar-refractivity contribution in [2.45, 2.75) is 63.5 Å². The summed E-state index contributed by atoms with van der Waals surface area (Å²) in [6.45, 7) is 3.30. The molecule has 0 spiro atoms. The molecular weight excluding hydrogens is 252 g/mol. The molecule has 2 aliphatic carbocycles. The molecule has 0 aromatic carbocycles. The van der Waals surface area contributed by atoms with E-state index in [1.807, 2.05) is 0 Å². The van der Waals surface area contributed by atoms with Crippen molar-refractivity contribution in [2.75, 3.05) is 26.2 Å². The number of ether oxygens (including phenoxy) is 1. The minimum Gasteiger partial charge on any atom is -0.377 e. The smallest absolute Gasteiger partial charge is 0.234 e. The van der Waals surface area contributed by atoms with E-state index in [2.05, 4.69) is 10.2 Å². The minimum atomic E-state index is 0.210. The molecule has 0 aromatic rings. The van der Waals surface area contributed by atoms with Crippen molar-refractivity contribution >= 4 is 5.91 Å². The number of hydrogen-bond donors (Lipinski definition) is 1. The molecule has 114 valence electrons. The predicted octanol–water partition coefficient (Wildman–Crippen LogP) is 1.94. The minimum absolute atomic E-state index is 0.210. The maximum absolute atomic E-state index is 12.1. The Balaban J connectivity index is 1.48. The zero-order valence-corrected chi connectivity index (χ0v) is 12.5. The number of nitrogens with zero attached hydrogens (tertiary/aromatic N) is 1. The monoisotopic (exact) mass is 280 g/mol. The number of carbonyl (C=O) groups excluding carboxylic acids is 1. The first-order valence-electron chi connectivity index (χ1n) is 8.43. The Morgan fingerprint density at radius 1 is 1.10 bits per heavy atom. The van der Waals surface area contributed by atoms with Crippen LogP contribution in [0.25, 0.3) is 0 Å². The van der Waals surface area contributed by atoms with E-state index < -0.39 is 0 Å². The Bertz CT molecular complexity index is 318. The van der Waals surface area contributed by atoms with Gasteiger partial charge in [-0.05, 0) is 44.4 Å². The molecule has 0 unspecified atom stereocenters. The van der Waals surface area contributed by atoms with Crippen LogP contribution in [0.3, 0.4) is 0 Å². The molecule has 3 fully saturated rings. The highest BCUT2D eigenvalue weighted by atomic mass is 16.5. The normalized spacial score (nSPS) is 27.4. The van der Waals surface area contributed by atoms with Crippen LogP contribution in [-0.4, -0.2) is 49.2 Å². The average molecular weight is 280 g/mol. The Hall–Kier alpha value is -0.610. The molecule has 1 N–H and O–H groups in total. The van der Waals surface area contributed by atoms with E-state index >= 15 is 0 Å². The van der Waals surface area contributed by atoms with Gasteiger partial charge < -0.3 is 10.1 Å². The van der Waals surface area contributed by atoms with Gasteiger partial charge in [0.2, 0.25) is 5.91 Å². The zero-order valence-electron chi connectivity index (χ0n) is 12.5. The van der Waals surface area contributed by atoms with Gasteiger partial charge in [-0.2, -0.15) is 0 Å². The van der Waals surface area contributed by atoms with Crippen LogP contribution in [0.1, 0.15) is 51.4 Å². The zero-order chi connectivity index (χ0) is 13.8. The molecule has 1 atom stereocenters. The van der Waals surface area contributed by atoms with Crippen LogP contribution >= 0.6 is 0 Å². The number of rotatable bonds is 7. The summed E-state index contributed by atoms with van der Waals surface area (Å²) in [7, 11) is 0. The molecule has 20 heavy (non-hydrogen) atoms. The van der Waals surface area contributed by atoms with Gasteiger partial charge in [0.1, 0.15) is 0 Å². The molecule has 1 saturated heterocycles. The van der Waals surface area contributed by atoms with Crippen LogP contribution in [0.5, 0.6) is 0 Å². The Morgan fingerprint density at radius 2 is 1.90 bits per heavy atom. The maximum atomic E-state index is 12.1. The highest BCUT2D eigenvalue weighted by Gasteiger charge is 2.29. The second-order valence-electron chi connectivity index (χ2n) is 6.75. The molecule has 1 heterocycles. The summed E-state index contributed by atoms with van der Waals surface area (Å²) in [5.74, 6) is 0.971. The number of nitrogens with one attached hydrogen (secondary N) is 1. The fourth-order valence-corrected chi connectivity index (χ4v) is 3.48. The lowest BCUT2D eigenvalue weighted by Gasteiger charge is -2.30. The summed E-state index contributed by atoms with van der Waals surface area (Å²) in [6, 6.07) is 0.603. The number of amides is 1. The Kier molecular flexibility index (Phi) is 4.94. The second-order valence-corrected chi connectivity index (χ2v) is 6.75. The summed E-state index contributed by atoms with van der Waals surface area (Å²) in [5, 5.41) is 3.10. The molecule has 0 aromatic heterocycles. The van der Waals surface area contributed by atoms with Gasteiger partial charge in [-0.25, -0.2) is 0 Å². The van der Waals surface area contributed by atoms with Crippen molar-refractivity contribution in [1.29, 1.82) is 0 Å². The van der Waals surface area contributed by atoms with E-state index in [1.165, 1.54) is 44.9 Å². The third-order valence-corrected chi connectivity index (χ3v) is 4.93. The molecule has 1 amide bonds. The van der Waals surface area contributed by atoms with Crippen LogP contribution in [0.4, 0.5) is 0 Å². The average Bonchev–Trinajstić information content (AvgIpc) is 2.93. The molecule has 0 radical (unpaired) electrons. The van der Waals surface area contributed by atoms with Crippen molar-refractivity contribution in [3.8, 4) is 0 Å². The van der Waals surface area contributed by atoms with Crippen LogP contribution in [0, 0.1) is 5.92 Å². The van der Waals surface area contributed by atoms with E-state index in [-0.39, 0.29) is 5.91 Å². The molecule has 4 nitrogen and oxygen atoms in total. The third-order valence-electron chi connectivity index (χ3n) is 4.93. The van der Waals surface area contributed by atoms with Gasteiger partial charge in [-0.1, -0.05) is 12.8 Å². The highest BCUT2D eigenvalue weighted by Crippen LogP contribution is 2.28. The largest absolute Gasteiger partial charge is 0.377 e. The molecule has 1 aliphatic heterocycles. The topological polar surface area (TPSA) is 41.6 Å². The molecule has 0 bridgehead atoms. The van der Waals surface area contributed by atoms with Crippen molar-refractivity contribution in [3.63, 3.8) is 0 Å². The molecule has 2 saturated carbocycles. The van der Waals surface area contributed by atoms with Crippen molar-refractivity contribution < 1.29 is 9.53 Å². The molecule has 3 rings (SSSR count). The van der Waals surface area contributed by atoms with Crippen molar-refractivity contribution in [1.82, 2.24) is 10.2 Å². The second kappa shape index (κ2) is 6.90. The lowest BCUT2D eigenvalue weighted by atomic mass is 10.1. The van der Waals surface area contributed by atoms with Gasteiger partial charge in [-0.15, -0.1) is 0 Å². The lowest BCUT2D eigenvalue weighted by Crippen LogP contribution is -2.45. The fourth-order valence-electron chi connectivity index (χ4n) is 3.48. The van der Waals surface area contributed by atoms with Crippen LogP contribution in [-0.2, 0) is 9.53 Å². The van der Waals surface area contributed by atoms with Crippen LogP contribution in [0.2, 0.25) is 0 Å². The summed E-state index contributed by atoms with van der Waals surface area (Å²) < 4.78 is 5.76. The van der Waals surface area contributed by atoms with E-state index in [9.17, 15) is 4.79 Å². The van der Waals surface area contributed by atoms with E-state index in [0.717, 1.165) is 32.0 Å². The summed E-state index contributed by atoms with van der Waals surface area (Å²) in [4.78, 5) is 14.5. The van der Waals surface area contributed by atoms with Gasteiger partial charge in [-0.3, -0.25) is 9.69 Å². The first-order valence-corrected chi connectivity index (χ1v) is 8.43. The lowest BCUT2D eigenvalue weighted by molar-refractivity contribution is -0.123. The Morgan fingerprint density at radius 3 is 2.55 bits per heavy atom. The van der Waals surface area contributed by atoms with Crippen LogP contribution in [0.15, 0.2) is 0 Å². The molecule has 3 aliphatic rings. The first kappa shape index (κ1) is 14.3. The van der Waals surface area contributed by atoms with Crippen molar-refractivity contribution in [2.24, 2.45) is 5.92 Å². The fraction of sp³-hybridized carbons (Fsp3) is 0.938. The van der Waals surface area contributed by atoms with Gasteiger partial charge in [0.15, 0.2) is 0 Å². The van der Waals surface area contributed by atoms with Gasteiger partial charge in [0.25, 0.3) is 0 Å². The number of hydrogen-bond acceptors (Lipinski definition) is 3.